The zero-order chi connectivity index (χ0) is 20.3. The number of anilines is 1. The van der Waals surface area contributed by atoms with E-state index in [9.17, 15) is 4.79 Å². The lowest BCUT2D eigenvalue weighted by Gasteiger charge is -2.43. The van der Waals surface area contributed by atoms with Gasteiger partial charge in [-0.1, -0.05) is 19.1 Å². The highest BCUT2D eigenvalue weighted by molar-refractivity contribution is 5.90. The number of morpholine rings is 1. The molecule has 2 fully saturated rings. The number of hydrogen-bond acceptors (Lipinski definition) is 6. The van der Waals surface area contributed by atoms with Gasteiger partial charge in [-0.25, -0.2) is 9.48 Å². The number of amides is 2. The number of hydrogen-bond donors (Lipinski definition) is 2. The van der Waals surface area contributed by atoms with E-state index in [4.69, 9.17) is 4.74 Å². The lowest BCUT2D eigenvalue weighted by molar-refractivity contribution is -0.0163. The summed E-state index contributed by atoms with van der Waals surface area (Å²) in [5.74, 6) is 0.738. The molecule has 2 N–H and O–H groups in total. The monoisotopic (exact) mass is 399 g/mol. The van der Waals surface area contributed by atoms with Crippen molar-refractivity contribution >= 4 is 11.7 Å². The van der Waals surface area contributed by atoms with Gasteiger partial charge in [0.25, 0.3) is 0 Å². The standard InChI is InChI=1S/C20H29N7O2/c1-3-20(2,26-9-11-29-12-10-26)14-21-19(28)22-16-6-4-5-15(13-16)18-23-24-25-27(18)17-7-8-17/h4-6,13,17H,3,7-12,14H2,1-2H3,(H2,21,22,28)/t20-/m1/s1. The SMILES string of the molecule is CC[C@](C)(CNC(=O)Nc1cccc(-c2nnnn2C2CC2)c1)N1CCOCC1. The van der Waals surface area contributed by atoms with Crippen molar-refractivity contribution in [3.63, 3.8) is 0 Å². The molecule has 1 aliphatic carbocycles. The molecular formula is C20H29N7O2. The van der Waals surface area contributed by atoms with Gasteiger partial charge in [0.2, 0.25) is 0 Å². The van der Waals surface area contributed by atoms with Crippen molar-refractivity contribution in [1.29, 1.82) is 0 Å². The third-order valence-electron chi connectivity index (χ3n) is 5.93. The molecule has 2 heterocycles. The van der Waals surface area contributed by atoms with Crippen LogP contribution in [0.15, 0.2) is 24.3 Å². The number of aromatic nitrogens is 4. The number of carbonyl (C=O) groups is 1. The smallest absolute Gasteiger partial charge is 0.319 e. The van der Waals surface area contributed by atoms with Crippen LogP contribution < -0.4 is 10.6 Å². The number of nitrogens with one attached hydrogen (secondary N) is 2. The summed E-state index contributed by atoms with van der Waals surface area (Å²) in [4.78, 5) is 14.9. The molecule has 4 rings (SSSR count). The normalized spacial score (nSPS) is 19.5. The maximum Gasteiger partial charge on any atom is 0.319 e. The van der Waals surface area contributed by atoms with Crippen LogP contribution >= 0.6 is 0 Å². The van der Waals surface area contributed by atoms with Crippen molar-refractivity contribution in [3.05, 3.63) is 24.3 Å². The van der Waals surface area contributed by atoms with E-state index in [0.29, 0.717) is 12.6 Å². The number of rotatable bonds is 7. The van der Waals surface area contributed by atoms with Crippen LogP contribution in [0, 0.1) is 0 Å². The van der Waals surface area contributed by atoms with Gasteiger partial charge < -0.3 is 15.4 Å². The van der Waals surface area contributed by atoms with Gasteiger partial charge in [0.1, 0.15) is 0 Å². The summed E-state index contributed by atoms with van der Waals surface area (Å²) in [6.07, 6.45) is 3.17. The van der Waals surface area contributed by atoms with Crippen molar-refractivity contribution in [1.82, 2.24) is 30.4 Å². The van der Waals surface area contributed by atoms with Crippen molar-refractivity contribution in [2.24, 2.45) is 0 Å². The van der Waals surface area contributed by atoms with Crippen LogP contribution in [0.2, 0.25) is 0 Å². The first-order valence-corrected chi connectivity index (χ1v) is 10.3. The fraction of sp³-hybridized carbons (Fsp3) is 0.600. The molecule has 1 aliphatic heterocycles. The van der Waals surface area contributed by atoms with E-state index < -0.39 is 0 Å². The van der Waals surface area contributed by atoms with Crippen LogP contribution in [-0.2, 0) is 4.74 Å². The number of tetrazole rings is 1. The predicted octanol–water partition coefficient (Wildman–Crippen LogP) is 2.30. The molecule has 29 heavy (non-hydrogen) atoms. The summed E-state index contributed by atoms with van der Waals surface area (Å²) in [5, 5.41) is 18.0. The quantitative estimate of drug-likeness (QED) is 0.741. The summed E-state index contributed by atoms with van der Waals surface area (Å²) in [6.45, 7) is 8.20. The van der Waals surface area contributed by atoms with E-state index in [1.807, 2.05) is 28.9 Å². The topological polar surface area (TPSA) is 97.2 Å². The molecule has 0 bridgehead atoms. The summed E-state index contributed by atoms with van der Waals surface area (Å²) < 4.78 is 7.32. The Balaban J connectivity index is 1.37. The van der Waals surface area contributed by atoms with Crippen molar-refractivity contribution < 1.29 is 9.53 Å². The van der Waals surface area contributed by atoms with E-state index in [1.165, 1.54) is 0 Å². The van der Waals surface area contributed by atoms with Gasteiger partial charge in [-0.3, -0.25) is 4.90 Å². The number of benzene rings is 1. The minimum atomic E-state index is -0.211. The molecule has 2 aliphatic rings. The number of urea groups is 1. The van der Waals surface area contributed by atoms with Crippen LogP contribution in [0.3, 0.4) is 0 Å². The Labute approximate surface area is 170 Å². The minimum Gasteiger partial charge on any atom is -0.379 e. The molecule has 2 aromatic rings. The predicted molar refractivity (Wildman–Crippen MR) is 110 cm³/mol. The fourth-order valence-corrected chi connectivity index (χ4v) is 3.69. The minimum absolute atomic E-state index is 0.0880. The molecule has 9 nitrogen and oxygen atoms in total. The summed E-state index contributed by atoms with van der Waals surface area (Å²) >= 11 is 0. The fourth-order valence-electron chi connectivity index (χ4n) is 3.69. The molecule has 1 aromatic carbocycles. The van der Waals surface area contributed by atoms with Gasteiger partial charge in [-0.2, -0.15) is 0 Å². The average molecular weight is 399 g/mol. The summed E-state index contributed by atoms with van der Waals surface area (Å²) in [7, 11) is 0. The zero-order valence-electron chi connectivity index (χ0n) is 17.1. The van der Waals surface area contributed by atoms with Gasteiger partial charge in [-0.15, -0.1) is 5.10 Å². The highest BCUT2D eigenvalue weighted by Gasteiger charge is 2.32. The largest absolute Gasteiger partial charge is 0.379 e. The van der Waals surface area contributed by atoms with Gasteiger partial charge in [0.15, 0.2) is 5.82 Å². The van der Waals surface area contributed by atoms with Crippen LogP contribution in [-0.4, -0.2) is 69.5 Å². The van der Waals surface area contributed by atoms with E-state index >= 15 is 0 Å². The van der Waals surface area contributed by atoms with Crippen molar-refractivity contribution in [2.75, 3.05) is 38.2 Å². The number of nitrogens with zero attached hydrogens (tertiary/aromatic N) is 5. The molecular weight excluding hydrogens is 370 g/mol. The Hall–Kier alpha value is -2.52. The molecule has 1 saturated heterocycles. The Bertz CT molecular complexity index is 845. The second-order valence-electron chi connectivity index (χ2n) is 8.02. The first-order chi connectivity index (χ1) is 14.1. The lowest BCUT2D eigenvalue weighted by atomic mass is 9.95. The highest BCUT2D eigenvalue weighted by atomic mass is 16.5. The number of carbonyl (C=O) groups excluding carboxylic acids is 1. The summed E-state index contributed by atoms with van der Waals surface area (Å²) in [5.41, 5.74) is 1.52. The van der Waals surface area contributed by atoms with E-state index in [0.717, 1.165) is 62.6 Å². The highest BCUT2D eigenvalue weighted by Crippen LogP contribution is 2.36. The molecule has 1 saturated carbocycles. The zero-order valence-corrected chi connectivity index (χ0v) is 17.1. The first-order valence-electron chi connectivity index (χ1n) is 10.3. The van der Waals surface area contributed by atoms with E-state index in [2.05, 4.69) is 44.9 Å². The third-order valence-corrected chi connectivity index (χ3v) is 5.93. The summed E-state index contributed by atoms with van der Waals surface area (Å²) in [6, 6.07) is 7.82. The Morgan fingerprint density at radius 2 is 2.10 bits per heavy atom. The molecule has 0 radical (unpaired) electrons. The van der Waals surface area contributed by atoms with Crippen molar-refractivity contribution in [3.8, 4) is 11.4 Å². The van der Waals surface area contributed by atoms with Crippen LogP contribution in [0.5, 0.6) is 0 Å². The molecule has 0 spiro atoms. The van der Waals surface area contributed by atoms with Gasteiger partial charge in [0.05, 0.1) is 19.3 Å². The Morgan fingerprint density at radius 1 is 1.31 bits per heavy atom. The van der Waals surface area contributed by atoms with E-state index in [-0.39, 0.29) is 11.6 Å². The maximum absolute atomic E-state index is 12.5. The van der Waals surface area contributed by atoms with Crippen LogP contribution in [0.1, 0.15) is 39.2 Å². The third kappa shape index (κ3) is 4.56. The van der Waals surface area contributed by atoms with Gasteiger partial charge in [-0.05, 0) is 48.7 Å². The molecule has 1 aromatic heterocycles. The average Bonchev–Trinajstić information content (AvgIpc) is 3.49. The Morgan fingerprint density at radius 3 is 2.83 bits per heavy atom. The molecule has 0 unspecified atom stereocenters. The lowest BCUT2D eigenvalue weighted by Crippen LogP contribution is -2.57. The second kappa shape index (κ2) is 8.46. The van der Waals surface area contributed by atoms with Gasteiger partial charge >= 0.3 is 6.03 Å². The molecule has 9 heteroatoms. The Kier molecular flexibility index (Phi) is 5.77. The molecule has 1 atom stereocenters. The molecule has 2 amide bonds. The maximum atomic E-state index is 12.5. The molecule has 156 valence electrons. The van der Waals surface area contributed by atoms with E-state index in [1.54, 1.807) is 0 Å². The van der Waals surface area contributed by atoms with Gasteiger partial charge in [0, 0.05) is 36.4 Å². The van der Waals surface area contributed by atoms with Crippen LogP contribution in [0.25, 0.3) is 11.4 Å². The number of ether oxygens (including phenoxy) is 1. The van der Waals surface area contributed by atoms with Crippen molar-refractivity contribution in [2.45, 2.75) is 44.7 Å². The second-order valence-corrected chi connectivity index (χ2v) is 8.02. The van der Waals surface area contributed by atoms with Crippen LogP contribution in [0.4, 0.5) is 10.5 Å². The first kappa shape index (κ1) is 19.8.